The topological polar surface area (TPSA) is 61.8 Å². The van der Waals surface area contributed by atoms with E-state index in [1.165, 1.54) is 0 Å². The SMILES string of the molecule is COc1ccc(C(=O)COc2cc(C)c3c(c2)O/C(=C\c2ccc(Br)cc2)C3=O)cc1. The molecule has 3 aromatic carbocycles. The first-order valence-electron chi connectivity index (χ1n) is 9.59. The molecule has 0 radical (unpaired) electrons. The van der Waals surface area contributed by atoms with Crippen molar-refractivity contribution in [2.45, 2.75) is 6.92 Å². The van der Waals surface area contributed by atoms with E-state index in [2.05, 4.69) is 15.9 Å². The van der Waals surface area contributed by atoms with E-state index in [4.69, 9.17) is 14.2 Å². The molecule has 31 heavy (non-hydrogen) atoms. The summed E-state index contributed by atoms with van der Waals surface area (Å²) in [6.07, 6.45) is 1.71. The van der Waals surface area contributed by atoms with Crippen molar-refractivity contribution < 1.29 is 23.8 Å². The molecule has 0 spiro atoms. The molecular formula is C25H19BrO5. The van der Waals surface area contributed by atoms with Gasteiger partial charge in [-0.05, 0) is 66.6 Å². The summed E-state index contributed by atoms with van der Waals surface area (Å²) in [6, 6.07) is 17.8. The molecule has 1 aliphatic heterocycles. The molecule has 0 fully saturated rings. The van der Waals surface area contributed by atoms with Gasteiger partial charge in [0.25, 0.3) is 0 Å². The first-order chi connectivity index (χ1) is 14.9. The van der Waals surface area contributed by atoms with Crippen LogP contribution in [0.25, 0.3) is 6.08 Å². The van der Waals surface area contributed by atoms with Crippen molar-refractivity contribution in [3.63, 3.8) is 0 Å². The molecule has 0 unspecified atom stereocenters. The second kappa shape index (κ2) is 8.78. The summed E-state index contributed by atoms with van der Waals surface area (Å²) in [5.74, 6) is 1.51. The fourth-order valence-corrected chi connectivity index (χ4v) is 3.54. The van der Waals surface area contributed by atoms with Crippen LogP contribution in [0.3, 0.4) is 0 Å². The van der Waals surface area contributed by atoms with E-state index >= 15 is 0 Å². The van der Waals surface area contributed by atoms with E-state index in [0.29, 0.717) is 28.4 Å². The number of Topliss-reactive ketones (excluding diaryl/α,β-unsaturated/α-hetero) is 2. The lowest BCUT2D eigenvalue weighted by Gasteiger charge is -2.09. The molecule has 0 bridgehead atoms. The predicted molar refractivity (Wildman–Crippen MR) is 121 cm³/mol. The highest BCUT2D eigenvalue weighted by molar-refractivity contribution is 9.10. The van der Waals surface area contributed by atoms with Gasteiger partial charge in [-0.1, -0.05) is 28.1 Å². The van der Waals surface area contributed by atoms with Gasteiger partial charge in [-0.2, -0.15) is 0 Å². The Morgan fingerprint density at radius 1 is 1.03 bits per heavy atom. The Hall–Kier alpha value is -3.38. The first-order valence-corrected chi connectivity index (χ1v) is 10.4. The van der Waals surface area contributed by atoms with Crippen LogP contribution in [0.15, 0.2) is 70.9 Å². The highest BCUT2D eigenvalue weighted by atomic mass is 79.9. The van der Waals surface area contributed by atoms with Crippen molar-refractivity contribution in [3.8, 4) is 17.2 Å². The van der Waals surface area contributed by atoms with Gasteiger partial charge >= 0.3 is 0 Å². The third kappa shape index (κ3) is 4.54. The largest absolute Gasteiger partial charge is 0.497 e. The van der Waals surface area contributed by atoms with Crippen LogP contribution in [-0.2, 0) is 0 Å². The minimum Gasteiger partial charge on any atom is -0.497 e. The quantitative estimate of drug-likeness (QED) is 0.338. The number of carbonyl (C=O) groups is 2. The van der Waals surface area contributed by atoms with Gasteiger partial charge in [0.2, 0.25) is 5.78 Å². The summed E-state index contributed by atoms with van der Waals surface area (Å²) in [7, 11) is 1.57. The molecule has 0 aliphatic carbocycles. The maximum Gasteiger partial charge on any atom is 0.232 e. The van der Waals surface area contributed by atoms with Crippen LogP contribution < -0.4 is 14.2 Å². The third-order valence-electron chi connectivity index (χ3n) is 4.89. The van der Waals surface area contributed by atoms with Gasteiger partial charge in [0.05, 0.1) is 12.7 Å². The number of halogens is 1. The number of allylic oxidation sites excluding steroid dienone is 1. The van der Waals surface area contributed by atoms with Crippen molar-refractivity contribution in [1.82, 2.24) is 0 Å². The molecule has 0 aromatic heterocycles. The van der Waals surface area contributed by atoms with Gasteiger partial charge < -0.3 is 14.2 Å². The Labute approximate surface area is 188 Å². The number of ether oxygens (including phenoxy) is 3. The molecule has 4 rings (SSSR count). The molecular weight excluding hydrogens is 460 g/mol. The van der Waals surface area contributed by atoms with Crippen molar-refractivity contribution in [2.24, 2.45) is 0 Å². The average molecular weight is 479 g/mol. The van der Waals surface area contributed by atoms with Crippen molar-refractivity contribution >= 4 is 33.6 Å². The molecule has 6 heteroatoms. The number of aryl methyl sites for hydroxylation is 1. The Bertz CT molecular complexity index is 1180. The number of rotatable bonds is 6. The van der Waals surface area contributed by atoms with Crippen LogP contribution in [0.4, 0.5) is 0 Å². The maximum atomic E-state index is 12.8. The Morgan fingerprint density at radius 2 is 1.74 bits per heavy atom. The van der Waals surface area contributed by atoms with Gasteiger partial charge in [0.15, 0.2) is 18.1 Å². The average Bonchev–Trinajstić information content (AvgIpc) is 3.09. The molecule has 1 aliphatic rings. The summed E-state index contributed by atoms with van der Waals surface area (Å²) >= 11 is 3.39. The molecule has 3 aromatic rings. The van der Waals surface area contributed by atoms with E-state index in [1.54, 1.807) is 49.6 Å². The first kappa shape index (κ1) is 20.9. The van der Waals surface area contributed by atoms with Gasteiger partial charge in [-0.3, -0.25) is 9.59 Å². The second-order valence-corrected chi connectivity index (χ2v) is 7.96. The third-order valence-corrected chi connectivity index (χ3v) is 5.42. The smallest absolute Gasteiger partial charge is 0.232 e. The highest BCUT2D eigenvalue weighted by Gasteiger charge is 2.30. The normalized spacial score (nSPS) is 13.6. The van der Waals surface area contributed by atoms with Crippen LogP contribution in [0.1, 0.15) is 31.8 Å². The Kier molecular flexibility index (Phi) is 5.91. The van der Waals surface area contributed by atoms with Crippen molar-refractivity contribution in [2.75, 3.05) is 13.7 Å². The number of hydrogen-bond donors (Lipinski definition) is 0. The molecule has 5 nitrogen and oxygen atoms in total. The zero-order chi connectivity index (χ0) is 22.0. The standard InChI is InChI=1S/C25H19BrO5/c1-15-11-20(30-14-21(27)17-5-9-19(29-2)10-6-17)13-22-24(15)25(28)23(31-22)12-16-3-7-18(26)8-4-16/h3-13H,14H2,1-2H3/b23-12-. The Morgan fingerprint density at radius 3 is 2.42 bits per heavy atom. The summed E-state index contributed by atoms with van der Waals surface area (Å²) in [5, 5.41) is 0. The van der Waals surface area contributed by atoms with E-state index < -0.39 is 0 Å². The number of methoxy groups -OCH3 is 1. The highest BCUT2D eigenvalue weighted by Crippen LogP contribution is 2.37. The molecule has 0 amide bonds. The van der Waals surface area contributed by atoms with E-state index in [0.717, 1.165) is 15.6 Å². The minimum absolute atomic E-state index is 0.125. The number of ketones is 2. The fourth-order valence-electron chi connectivity index (χ4n) is 3.28. The maximum absolute atomic E-state index is 12.8. The lowest BCUT2D eigenvalue weighted by molar-refractivity contribution is 0.0920. The van der Waals surface area contributed by atoms with E-state index in [1.807, 2.05) is 31.2 Å². The molecule has 0 N–H and O–H groups in total. The van der Waals surface area contributed by atoms with Gasteiger partial charge in [-0.25, -0.2) is 0 Å². The molecule has 1 heterocycles. The number of benzene rings is 3. The number of hydrogen-bond acceptors (Lipinski definition) is 5. The lowest BCUT2D eigenvalue weighted by Crippen LogP contribution is -2.11. The fraction of sp³-hybridized carbons (Fsp3) is 0.120. The van der Waals surface area contributed by atoms with Crippen LogP contribution in [-0.4, -0.2) is 25.3 Å². The van der Waals surface area contributed by atoms with Gasteiger partial charge in [0, 0.05) is 16.1 Å². The summed E-state index contributed by atoms with van der Waals surface area (Å²) in [4.78, 5) is 25.2. The monoisotopic (exact) mass is 478 g/mol. The molecule has 156 valence electrons. The summed E-state index contributed by atoms with van der Waals surface area (Å²) in [6.45, 7) is 1.70. The zero-order valence-electron chi connectivity index (χ0n) is 17.0. The van der Waals surface area contributed by atoms with Crippen molar-refractivity contribution in [1.29, 1.82) is 0 Å². The van der Waals surface area contributed by atoms with Crippen molar-refractivity contribution in [3.05, 3.63) is 93.1 Å². The lowest BCUT2D eigenvalue weighted by atomic mass is 10.0. The van der Waals surface area contributed by atoms with Gasteiger partial charge in [0.1, 0.15) is 17.2 Å². The molecule has 0 saturated heterocycles. The van der Waals surface area contributed by atoms with Crippen LogP contribution >= 0.6 is 15.9 Å². The van der Waals surface area contributed by atoms with Gasteiger partial charge in [-0.15, -0.1) is 0 Å². The van der Waals surface area contributed by atoms with Crippen LogP contribution in [0.5, 0.6) is 17.2 Å². The molecule has 0 saturated carbocycles. The van der Waals surface area contributed by atoms with Crippen LogP contribution in [0, 0.1) is 6.92 Å². The van der Waals surface area contributed by atoms with E-state index in [-0.39, 0.29) is 23.9 Å². The van der Waals surface area contributed by atoms with E-state index in [9.17, 15) is 9.59 Å². The zero-order valence-corrected chi connectivity index (χ0v) is 18.6. The summed E-state index contributed by atoms with van der Waals surface area (Å²) < 4.78 is 17.6. The molecule has 0 atom stereocenters. The minimum atomic E-state index is -0.170. The number of carbonyl (C=O) groups excluding carboxylic acids is 2. The number of fused-ring (bicyclic) bond motifs is 1. The second-order valence-electron chi connectivity index (χ2n) is 7.04. The van der Waals surface area contributed by atoms with Crippen LogP contribution in [0.2, 0.25) is 0 Å². The predicted octanol–water partition coefficient (Wildman–Crippen LogP) is 5.64. The Balaban J connectivity index is 1.49. The summed E-state index contributed by atoms with van der Waals surface area (Å²) in [5.41, 5.74) is 2.63.